The average Bonchev–Trinajstić information content (AvgIpc) is 3.06. The summed E-state index contributed by atoms with van der Waals surface area (Å²) in [5, 5.41) is 3.01. The van der Waals surface area contributed by atoms with Crippen LogP contribution in [-0.4, -0.2) is 53.2 Å². The molecule has 1 saturated heterocycles. The highest BCUT2D eigenvalue weighted by atomic mass is 79.9. The van der Waals surface area contributed by atoms with Crippen molar-refractivity contribution in [3.05, 3.63) is 58.6 Å². The van der Waals surface area contributed by atoms with Crippen molar-refractivity contribution in [2.45, 2.75) is 13.0 Å². The third-order valence-corrected chi connectivity index (χ3v) is 5.46. The molecule has 0 spiro atoms. The maximum absolute atomic E-state index is 12.6. The molecule has 1 N–H and O–H groups in total. The summed E-state index contributed by atoms with van der Waals surface area (Å²) >= 11 is 3.42. The quantitative estimate of drug-likeness (QED) is 0.635. The van der Waals surface area contributed by atoms with Gasteiger partial charge in [-0.25, -0.2) is 4.98 Å². The maximum Gasteiger partial charge on any atom is 0.231 e. The molecule has 0 atom stereocenters. The van der Waals surface area contributed by atoms with Gasteiger partial charge in [0.15, 0.2) is 0 Å². The Labute approximate surface area is 172 Å². The van der Waals surface area contributed by atoms with E-state index in [2.05, 4.69) is 35.7 Å². The first-order valence-electron chi connectivity index (χ1n) is 9.49. The molecule has 0 aliphatic carbocycles. The summed E-state index contributed by atoms with van der Waals surface area (Å²) in [5.41, 5.74) is 2.90. The molecular weight excluding hydrogens is 420 g/mol. The molecular formula is C21H23BrN4O2. The molecule has 2 heterocycles. The van der Waals surface area contributed by atoms with Gasteiger partial charge < -0.3 is 9.30 Å². The van der Waals surface area contributed by atoms with Crippen LogP contribution in [-0.2, 0) is 22.5 Å². The van der Waals surface area contributed by atoms with Crippen molar-refractivity contribution in [1.82, 2.24) is 14.5 Å². The van der Waals surface area contributed by atoms with Gasteiger partial charge in [0.2, 0.25) is 11.9 Å². The van der Waals surface area contributed by atoms with Crippen LogP contribution in [0.2, 0.25) is 0 Å². The summed E-state index contributed by atoms with van der Waals surface area (Å²) in [4.78, 5) is 19.6. The SMILES string of the molecule is O=C(Cc1ccc(Br)cc1)Nc1nc2ccccc2n1CCN1CCOCC1. The standard InChI is InChI=1S/C21H23BrN4O2/c22-17-7-5-16(6-8-17)15-20(27)24-21-23-18-3-1-2-4-19(18)26(21)10-9-25-11-13-28-14-12-25/h1-8H,9-15H2,(H,23,24,27). The number of carbonyl (C=O) groups excluding carboxylic acids is 1. The molecule has 0 bridgehead atoms. The largest absolute Gasteiger partial charge is 0.379 e. The predicted octanol–water partition coefficient (Wildman–Crippen LogP) is 3.31. The molecule has 1 fully saturated rings. The second-order valence-corrected chi connectivity index (χ2v) is 7.80. The highest BCUT2D eigenvalue weighted by molar-refractivity contribution is 9.10. The van der Waals surface area contributed by atoms with Crippen molar-refractivity contribution in [2.24, 2.45) is 0 Å². The van der Waals surface area contributed by atoms with Crippen molar-refractivity contribution >= 4 is 38.8 Å². The lowest BCUT2D eigenvalue weighted by molar-refractivity contribution is -0.115. The average molecular weight is 443 g/mol. The van der Waals surface area contributed by atoms with E-state index in [4.69, 9.17) is 4.74 Å². The fourth-order valence-corrected chi connectivity index (χ4v) is 3.68. The fraction of sp³-hybridized carbons (Fsp3) is 0.333. The third kappa shape index (κ3) is 4.60. The minimum absolute atomic E-state index is 0.0646. The number of nitrogens with zero attached hydrogens (tertiary/aromatic N) is 3. The Hall–Kier alpha value is -2.22. The van der Waals surface area contributed by atoms with Crippen molar-refractivity contribution < 1.29 is 9.53 Å². The number of halogens is 1. The molecule has 0 saturated carbocycles. The lowest BCUT2D eigenvalue weighted by atomic mass is 10.1. The number of anilines is 1. The number of fused-ring (bicyclic) bond motifs is 1. The molecule has 1 aliphatic heterocycles. The second kappa shape index (κ2) is 8.86. The summed E-state index contributed by atoms with van der Waals surface area (Å²) < 4.78 is 8.53. The number of para-hydroxylation sites is 2. The minimum Gasteiger partial charge on any atom is -0.379 e. The minimum atomic E-state index is -0.0646. The number of morpholine rings is 1. The summed E-state index contributed by atoms with van der Waals surface area (Å²) in [7, 11) is 0. The fourth-order valence-electron chi connectivity index (χ4n) is 3.42. The monoisotopic (exact) mass is 442 g/mol. The normalized spacial score (nSPS) is 15.0. The molecule has 6 nitrogen and oxygen atoms in total. The highest BCUT2D eigenvalue weighted by Gasteiger charge is 2.16. The van der Waals surface area contributed by atoms with Crippen LogP contribution >= 0.6 is 15.9 Å². The van der Waals surface area contributed by atoms with Crippen LogP contribution in [0.3, 0.4) is 0 Å². The Morgan fingerprint density at radius 1 is 1.07 bits per heavy atom. The van der Waals surface area contributed by atoms with Crippen molar-refractivity contribution in [2.75, 3.05) is 38.2 Å². The highest BCUT2D eigenvalue weighted by Crippen LogP contribution is 2.20. The van der Waals surface area contributed by atoms with Gasteiger partial charge in [-0.3, -0.25) is 15.0 Å². The molecule has 2 aromatic carbocycles. The Morgan fingerprint density at radius 2 is 1.82 bits per heavy atom. The van der Waals surface area contributed by atoms with Crippen molar-refractivity contribution in [3.8, 4) is 0 Å². The molecule has 1 amide bonds. The summed E-state index contributed by atoms with van der Waals surface area (Å²) in [5.74, 6) is 0.543. The topological polar surface area (TPSA) is 59.4 Å². The van der Waals surface area contributed by atoms with Crippen LogP contribution < -0.4 is 5.32 Å². The van der Waals surface area contributed by atoms with Crippen LogP contribution in [0.15, 0.2) is 53.0 Å². The second-order valence-electron chi connectivity index (χ2n) is 6.88. The number of nitrogens with one attached hydrogen (secondary N) is 1. The van der Waals surface area contributed by atoms with Gasteiger partial charge in [-0.2, -0.15) is 0 Å². The van der Waals surface area contributed by atoms with E-state index in [1.807, 2.05) is 48.5 Å². The van der Waals surface area contributed by atoms with Gasteiger partial charge in [0.1, 0.15) is 0 Å². The molecule has 7 heteroatoms. The Kier molecular flexibility index (Phi) is 6.04. The first-order chi connectivity index (χ1) is 13.7. The van der Waals surface area contributed by atoms with Crippen molar-refractivity contribution in [1.29, 1.82) is 0 Å². The lowest BCUT2D eigenvalue weighted by Crippen LogP contribution is -2.38. The molecule has 4 rings (SSSR count). The molecule has 28 heavy (non-hydrogen) atoms. The smallest absolute Gasteiger partial charge is 0.231 e. The van der Waals surface area contributed by atoms with E-state index in [0.717, 1.165) is 60.5 Å². The van der Waals surface area contributed by atoms with E-state index in [9.17, 15) is 4.79 Å². The van der Waals surface area contributed by atoms with E-state index in [1.165, 1.54) is 0 Å². The van der Waals surface area contributed by atoms with Gasteiger partial charge in [-0.05, 0) is 29.8 Å². The molecule has 146 valence electrons. The maximum atomic E-state index is 12.6. The van der Waals surface area contributed by atoms with Crippen molar-refractivity contribution in [3.63, 3.8) is 0 Å². The van der Waals surface area contributed by atoms with Crippen LogP contribution in [0.25, 0.3) is 11.0 Å². The van der Waals surface area contributed by atoms with Crippen LogP contribution in [0.5, 0.6) is 0 Å². The van der Waals surface area contributed by atoms with E-state index >= 15 is 0 Å². The van der Waals surface area contributed by atoms with Gasteiger partial charge in [0, 0.05) is 30.7 Å². The van der Waals surface area contributed by atoms with Crippen LogP contribution in [0, 0.1) is 0 Å². The molecule has 1 aromatic heterocycles. The molecule has 0 radical (unpaired) electrons. The summed E-state index contributed by atoms with van der Waals surface area (Å²) in [6, 6.07) is 15.8. The molecule has 3 aromatic rings. The van der Waals surface area contributed by atoms with E-state index in [0.29, 0.717) is 12.4 Å². The van der Waals surface area contributed by atoms with E-state index < -0.39 is 0 Å². The number of benzene rings is 2. The number of hydrogen-bond donors (Lipinski definition) is 1. The van der Waals surface area contributed by atoms with Crippen LogP contribution in [0.1, 0.15) is 5.56 Å². The number of imidazole rings is 1. The Bertz CT molecular complexity index is 949. The molecule has 1 aliphatic rings. The van der Waals surface area contributed by atoms with Crippen LogP contribution in [0.4, 0.5) is 5.95 Å². The van der Waals surface area contributed by atoms with E-state index in [-0.39, 0.29) is 5.91 Å². The number of ether oxygens (including phenoxy) is 1. The van der Waals surface area contributed by atoms with Gasteiger partial charge in [-0.1, -0.05) is 40.2 Å². The Balaban J connectivity index is 1.50. The number of aromatic nitrogens is 2. The molecule has 0 unspecified atom stereocenters. The third-order valence-electron chi connectivity index (χ3n) is 4.93. The van der Waals surface area contributed by atoms with E-state index in [1.54, 1.807) is 0 Å². The zero-order valence-electron chi connectivity index (χ0n) is 15.6. The zero-order chi connectivity index (χ0) is 19.3. The predicted molar refractivity (Wildman–Crippen MR) is 113 cm³/mol. The number of carbonyl (C=O) groups is 1. The number of rotatable bonds is 6. The lowest BCUT2D eigenvalue weighted by Gasteiger charge is -2.26. The first-order valence-corrected chi connectivity index (χ1v) is 10.3. The first kappa shape index (κ1) is 19.1. The Morgan fingerprint density at radius 3 is 2.61 bits per heavy atom. The number of amides is 1. The van der Waals surface area contributed by atoms with Gasteiger partial charge in [-0.15, -0.1) is 0 Å². The number of hydrogen-bond acceptors (Lipinski definition) is 4. The van der Waals surface area contributed by atoms with Gasteiger partial charge in [0.25, 0.3) is 0 Å². The summed E-state index contributed by atoms with van der Waals surface area (Å²) in [6.45, 7) is 5.12. The zero-order valence-corrected chi connectivity index (χ0v) is 17.2. The van der Waals surface area contributed by atoms with Gasteiger partial charge in [0.05, 0.1) is 30.7 Å². The van der Waals surface area contributed by atoms with Gasteiger partial charge >= 0.3 is 0 Å². The summed E-state index contributed by atoms with van der Waals surface area (Å²) in [6.07, 6.45) is 0.319.